The fourth-order valence-electron chi connectivity index (χ4n) is 2.78. The number of amides is 1. The predicted octanol–water partition coefficient (Wildman–Crippen LogP) is 5.82. The minimum atomic E-state index is -4.42. The highest BCUT2D eigenvalue weighted by molar-refractivity contribution is 6.30. The molecule has 3 aromatic rings. The first-order chi connectivity index (χ1) is 13.7. The summed E-state index contributed by atoms with van der Waals surface area (Å²) >= 11 is 5.86. The van der Waals surface area contributed by atoms with Crippen molar-refractivity contribution in [3.05, 3.63) is 76.8 Å². The summed E-state index contributed by atoms with van der Waals surface area (Å²) in [5.41, 5.74) is 0.454. The van der Waals surface area contributed by atoms with Crippen LogP contribution in [0.3, 0.4) is 0 Å². The molecule has 0 spiro atoms. The number of nitrogens with one attached hydrogen (secondary N) is 1. The standard InChI is InChI=1S/C21H18ClF3N2O2/c1-13(15-3-2-4-16(11-15)21(23,24)25)27-19(28)9-10-20-26-12-18(29-20)14-5-7-17(22)8-6-14/h2-8,11-13H,9-10H2,1H3,(H,27,28)/t13-/m1/s1. The smallest absolute Gasteiger partial charge is 0.416 e. The highest BCUT2D eigenvalue weighted by Crippen LogP contribution is 2.30. The van der Waals surface area contributed by atoms with Crippen LogP contribution in [0.4, 0.5) is 13.2 Å². The van der Waals surface area contributed by atoms with E-state index in [9.17, 15) is 18.0 Å². The second-order valence-corrected chi connectivity index (χ2v) is 6.97. The first-order valence-electron chi connectivity index (χ1n) is 8.89. The van der Waals surface area contributed by atoms with Gasteiger partial charge in [0.05, 0.1) is 17.8 Å². The number of hydrogen-bond acceptors (Lipinski definition) is 3. The van der Waals surface area contributed by atoms with Gasteiger partial charge in [-0.2, -0.15) is 13.2 Å². The molecular weight excluding hydrogens is 405 g/mol. The third kappa shape index (κ3) is 5.60. The number of benzene rings is 2. The summed E-state index contributed by atoms with van der Waals surface area (Å²) < 4.78 is 44.1. The number of oxazole rings is 1. The van der Waals surface area contributed by atoms with Crippen LogP contribution in [-0.4, -0.2) is 10.9 Å². The molecule has 0 radical (unpaired) electrons. The average molecular weight is 423 g/mol. The molecular formula is C21H18ClF3N2O2. The second kappa shape index (κ2) is 8.69. The van der Waals surface area contributed by atoms with E-state index in [4.69, 9.17) is 16.0 Å². The van der Waals surface area contributed by atoms with E-state index in [-0.39, 0.29) is 18.7 Å². The number of alkyl halides is 3. The first kappa shape index (κ1) is 20.9. The van der Waals surface area contributed by atoms with Crippen molar-refractivity contribution in [2.45, 2.75) is 32.0 Å². The molecule has 0 saturated carbocycles. The van der Waals surface area contributed by atoms with Gasteiger partial charge in [0.25, 0.3) is 0 Å². The zero-order valence-electron chi connectivity index (χ0n) is 15.5. The molecule has 0 aliphatic rings. The van der Waals surface area contributed by atoms with Crippen LogP contribution in [0.15, 0.2) is 59.1 Å². The molecule has 1 heterocycles. The van der Waals surface area contributed by atoms with Crippen LogP contribution in [0.1, 0.15) is 36.4 Å². The molecule has 1 atom stereocenters. The van der Waals surface area contributed by atoms with Crippen LogP contribution in [0.5, 0.6) is 0 Å². The van der Waals surface area contributed by atoms with Crippen molar-refractivity contribution in [2.24, 2.45) is 0 Å². The van der Waals surface area contributed by atoms with Crippen molar-refractivity contribution >= 4 is 17.5 Å². The maximum atomic E-state index is 12.8. The highest BCUT2D eigenvalue weighted by Gasteiger charge is 2.30. The lowest BCUT2D eigenvalue weighted by molar-refractivity contribution is -0.137. The van der Waals surface area contributed by atoms with Crippen LogP contribution < -0.4 is 5.32 Å². The van der Waals surface area contributed by atoms with E-state index in [1.54, 1.807) is 43.5 Å². The van der Waals surface area contributed by atoms with Gasteiger partial charge in [-0.3, -0.25) is 4.79 Å². The Hall–Kier alpha value is -2.80. The van der Waals surface area contributed by atoms with E-state index in [1.807, 2.05) is 0 Å². The zero-order valence-corrected chi connectivity index (χ0v) is 16.2. The van der Waals surface area contributed by atoms with E-state index in [0.29, 0.717) is 22.2 Å². The van der Waals surface area contributed by atoms with Gasteiger partial charge in [0, 0.05) is 23.4 Å². The van der Waals surface area contributed by atoms with Gasteiger partial charge in [-0.25, -0.2) is 4.98 Å². The molecule has 3 rings (SSSR count). The summed E-state index contributed by atoms with van der Waals surface area (Å²) in [4.78, 5) is 16.3. The Morgan fingerprint density at radius 3 is 2.62 bits per heavy atom. The van der Waals surface area contributed by atoms with Crippen molar-refractivity contribution in [1.82, 2.24) is 10.3 Å². The highest BCUT2D eigenvalue weighted by atomic mass is 35.5. The molecule has 29 heavy (non-hydrogen) atoms. The molecule has 1 amide bonds. The fraction of sp³-hybridized carbons (Fsp3) is 0.238. The lowest BCUT2D eigenvalue weighted by atomic mass is 10.0. The SMILES string of the molecule is C[C@@H](NC(=O)CCc1ncc(-c2ccc(Cl)cc2)o1)c1cccc(C(F)(F)F)c1. The van der Waals surface area contributed by atoms with Gasteiger partial charge < -0.3 is 9.73 Å². The fourth-order valence-corrected chi connectivity index (χ4v) is 2.90. The predicted molar refractivity (Wildman–Crippen MR) is 103 cm³/mol. The van der Waals surface area contributed by atoms with Crippen molar-refractivity contribution in [2.75, 3.05) is 0 Å². The Kier molecular flexibility index (Phi) is 6.27. The molecule has 1 N–H and O–H groups in total. The Balaban J connectivity index is 1.56. The quantitative estimate of drug-likeness (QED) is 0.544. The summed E-state index contributed by atoms with van der Waals surface area (Å²) in [6.45, 7) is 1.64. The number of carbonyl (C=O) groups is 1. The Labute approximate surface area is 170 Å². The first-order valence-corrected chi connectivity index (χ1v) is 9.27. The van der Waals surface area contributed by atoms with E-state index in [2.05, 4.69) is 10.3 Å². The number of aromatic nitrogens is 1. The molecule has 0 bridgehead atoms. The largest absolute Gasteiger partial charge is 0.441 e. The lowest BCUT2D eigenvalue weighted by Gasteiger charge is -2.16. The van der Waals surface area contributed by atoms with Gasteiger partial charge in [0.2, 0.25) is 5.91 Å². The molecule has 0 aliphatic carbocycles. The molecule has 0 saturated heterocycles. The van der Waals surface area contributed by atoms with Gasteiger partial charge in [0.1, 0.15) is 0 Å². The van der Waals surface area contributed by atoms with Crippen molar-refractivity contribution in [3.63, 3.8) is 0 Å². The van der Waals surface area contributed by atoms with Gasteiger partial charge >= 0.3 is 6.18 Å². The Morgan fingerprint density at radius 1 is 1.21 bits per heavy atom. The summed E-state index contributed by atoms with van der Waals surface area (Å²) in [6.07, 6.45) is -2.48. The van der Waals surface area contributed by atoms with Crippen molar-refractivity contribution in [3.8, 4) is 11.3 Å². The number of carbonyl (C=O) groups excluding carboxylic acids is 1. The molecule has 0 unspecified atom stereocenters. The summed E-state index contributed by atoms with van der Waals surface area (Å²) in [5, 5.41) is 3.31. The molecule has 4 nitrogen and oxygen atoms in total. The number of nitrogens with zero attached hydrogens (tertiary/aromatic N) is 1. The van der Waals surface area contributed by atoms with Gasteiger partial charge in [0.15, 0.2) is 11.7 Å². The number of rotatable bonds is 6. The summed E-state index contributed by atoms with van der Waals surface area (Å²) in [7, 11) is 0. The van der Waals surface area contributed by atoms with Crippen LogP contribution in [0.2, 0.25) is 5.02 Å². The van der Waals surface area contributed by atoms with Crippen molar-refractivity contribution < 1.29 is 22.4 Å². The maximum absolute atomic E-state index is 12.8. The third-order valence-corrected chi connectivity index (χ3v) is 4.59. The van der Waals surface area contributed by atoms with Gasteiger partial charge in [-0.1, -0.05) is 23.7 Å². The van der Waals surface area contributed by atoms with E-state index >= 15 is 0 Å². The third-order valence-electron chi connectivity index (χ3n) is 4.34. The monoisotopic (exact) mass is 422 g/mol. The molecule has 152 valence electrons. The Bertz CT molecular complexity index is 984. The minimum Gasteiger partial charge on any atom is -0.441 e. The minimum absolute atomic E-state index is 0.101. The molecule has 1 aromatic heterocycles. The van der Waals surface area contributed by atoms with Crippen LogP contribution >= 0.6 is 11.6 Å². The second-order valence-electron chi connectivity index (χ2n) is 6.54. The van der Waals surface area contributed by atoms with Crippen molar-refractivity contribution in [1.29, 1.82) is 0 Å². The summed E-state index contributed by atoms with van der Waals surface area (Å²) in [5.74, 6) is 0.660. The average Bonchev–Trinajstić information content (AvgIpc) is 3.15. The molecule has 2 aromatic carbocycles. The molecule has 0 aliphatic heterocycles. The van der Waals surface area contributed by atoms with E-state index in [1.165, 1.54) is 6.07 Å². The Morgan fingerprint density at radius 2 is 1.93 bits per heavy atom. The lowest BCUT2D eigenvalue weighted by Crippen LogP contribution is -2.27. The normalized spacial score (nSPS) is 12.6. The van der Waals surface area contributed by atoms with E-state index < -0.39 is 17.8 Å². The van der Waals surface area contributed by atoms with Crippen LogP contribution in [0.25, 0.3) is 11.3 Å². The molecule has 0 fully saturated rings. The van der Waals surface area contributed by atoms with E-state index in [0.717, 1.165) is 17.7 Å². The number of halogens is 4. The van der Waals surface area contributed by atoms with Crippen LogP contribution in [0, 0.1) is 0 Å². The number of hydrogen-bond donors (Lipinski definition) is 1. The summed E-state index contributed by atoms with van der Waals surface area (Å²) in [6, 6.07) is 11.4. The molecule has 8 heteroatoms. The maximum Gasteiger partial charge on any atom is 0.416 e. The zero-order chi connectivity index (χ0) is 21.0. The van der Waals surface area contributed by atoms with Gasteiger partial charge in [-0.05, 0) is 48.9 Å². The van der Waals surface area contributed by atoms with Gasteiger partial charge in [-0.15, -0.1) is 0 Å². The topological polar surface area (TPSA) is 55.1 Å². The van der Waals surface area contributed by atoms with Crippen LogP contribution in [-0.2, 0) is 17.4 Å². The number of aryl methyl sites for hydroxylation is 1.